The van der Waals surface area contributed by atoms with E-state index in [0.29, 0.717) is 11.7 Å². The van der Waals surface area contributed by atoms with Gasteiger partial charge in [-0.2, -0.15) is 0 Å². The Morgan fingerprint density at radius 3 is 3.12 bits per heavy atom. The smallest absolute Gasteiger partial charge is 0.273 e. The van der Waals surface area contributed by atoms with Crippen LogP contribution < -0.4 is 5.73 Å². The van der Waals surface area contributed by atoms with Crippen molar-refractivity contribution in [2.45, 2.75) is 45.2 Å². The maximum absolute atomic E-state index is 12.3. The lowest BCUT2D eigenvalue weighted by Gasteiger charge is -2.22. The van der Waals surface area contributed by atoms with E-state index in [1.807, 2.05) is 17.2 Å². The van der Waals surface area contributed by atoms with Gasteiger partial charge in [-0.1, -0.05) is 6.92 Å². The molecular weight excluding hydrogens is 234 g/mol. The number of nitrogens with two attached hydrogens (primary N) is 1. The Balaban J connectivity index is 2.13. The molecule has 1 aliphatic rings. The molecule has 0 aromatic carbocycles. The number of aromatic nitrogens is 1. The highest BCUT2D eigenvalue weighted by Gasteiger charge is 2.29. The summed E-state index contributed by atoms with van der Waals surface area (Å²) in [6.45, 7) is 4.88. The van der Waals surface area contributed by atoms with Crippen molar-refractivity contribution in [2.75, 3.05) is 6.54 Å². The summed E-state index contributed by atoms with van der Waals surface area (Å²) in [5, 5.41) is 2.66. The van der Waals surface area contributed by atoms with Crippen LogP contribution >= 0.6 is 11.3 Å². The molecule has 2 atom stereocenters. The fourth-order valence-corrected chi connectivity index (χ4v) is 3.02. The summed E-state index contributed by atoms with van der Waals surface area (Å²) in [5.41, 5.74) is 6.32. The Morgan fingerprint density at radius 1 is 1.76 bits per heavy atom. The lowest BCUT2D eigenvalue weighted by Crippen LogP contribution is -2.35. The molecule has 5 heteroatoms. The molecule has 1 saturated heterocycles. The number of carbonyl (C=O) groups is 1. The number of hydrogen-bond donors (Lipinski definition) is 1. The minimum Gasteiger partial charge on any atom is -0.334 e. The van der Waals surface area contributed by atoms with Gasteiger partial charge in [0.1, 0.15) is 10.7 Å². The van der Waals surface area contributed by atoms with Gasteiger partial charge >= 0.3 is 0 Å². The Bertz CT molecular complexity index is 402. The van der Waals surface area contributed by atoms with E-state index in [9.17, 15) is 4.79 Å². The van der Waals surface area contributed by atoms with Crippen LogP contribution in [0, 0.1) is 0 Å². The van der Waals surface area contributed by atoms with Crippen molar-refractivity contribution in [3.63, 3.8) is 0 Å². The molecule has 2 heterocycles. The highest BCUT2D eigenvalue weighted by molar-refractivity contribution is 7.09. The quantitative estimate of drug-likeness (QED) is 0.898. The average molecular weight is 253 g/mol. The first-order valence-corrected chi connectivity index (χ1v) is 7.03. The predicted molar refractivity (Wildman–Crippen MR) is 69.1 cm³/mol. The number of amides is 1. The molecule has 2 unspecified atom stereocenters. The van der Waals surface area contributed by atoms with E-state index < -0.39 is 0 Å². The van der Waals surface area contributed by atoms with Crippen LogP contribution in [0.25, 0.3) is 0 Å². The number of carbonyl (C=O) groups excluding carboxylic acids is 1. The molecule has 17 heavy (non-hydrogen) atoms. The molecule has 2 N–H and O–H groups in total. The van der Waals surface area contributed by atoms with Gasteiger partial charge in [0.25, 0.3) is 5.91 Å². The van der Waals surface area contributed by atoms with Crippen LogP contribution in [0.2, 0.25) is 0 Å². The van der Waals surface area contributed by atoms with Crippen LogP contribution in [0.15, 0.2) is 5.38 Å². The van der Waals surface area contributed by atoms with Gasteiger partial charge in [0.15, 0.2) is 0 Å². The molecule has 1 aromatic rings. The van der Waals surface area contributed by atoms with Crippen molar-refractivity contribution in [1.82, 2.24) is 9.88 Å². The predicted octanol–water partition coefficient (Wildman–Crippen LogP) is 2.18. The lowest BCUT2D eigenvalue weighted by molar-refractivity contribution is 0.0728. The zero-order chi connectivity index (χ0) is 12.4. The highest BCUT2D eigenvalue weighted by atomic mass is 32.1. The summed E-state index contributed by atoms with van der Waals surface area (Å²) < 4.78 is 0. The Hall–Kier alpha value is -0.940. The first-order valence-electron chi connectivity index (χ1n) is 6.15. The normalized spacial score (nSPS) is 21.8. The van der Waals surface area contributed by atoms with Gasteiger partial charge in [0.05, 0.1) is 6.04 Å². The van der Waals surface area contributed by atoms with Crippen LogP contribution in [0.1, 0.15) is 54.6 Å². The first kappa shape index (κ1) is 12.5. The van der Waals surface area contributed by atoms with Gasteiger partial charge in [-0.25, -0.2) is 4.98 Å². The van der Waals surface area contributed by atoms with E-state index in [2.05, 4.69) is 11.9 Å². The van der Waals surface area contributed by atoms with Crippen molar-refractivity contribution in [3.8, 4) is 0 Å². The van der Waals surface area contributed by atoms with E-state index in [1.165, 1.54) is 11.3 Å². The number of likely N-dealkylation sites (tertiary alicyclic amines) is 1. The Morgan fingerprint density at radius 2 is 2.53 bits per heavy atom. The van der Waals surface area contributed by atoms with Gasteiger partial charge < -0.3 is 10.6 Å². The zero-order valence-corrected chi connectivity index (χ0v) is 11.2. The van der Waals surface area contributed by atoms with E-state index in [1.54, 1.807) is 0 Å². The molecule has 0 spiro atoms. The summed E-state index contributed by atoms with van der Waals surface area (Å²) in [4.78, 5) is 18.6. The van der Waals surface area contributed by atoms with Gasteiger partial charge in [-0.05, 0) is 26.2 Å². The van der Waals surface area contributed by atoms with Gasteiger partial charge in [0.2, 0.25) is 0 Å². The maximum Gasteiger partial charge on any atom is 0.273 e. The molecule has 1 fully saturated rings. The molecule has 0 aliphatic carbocycles. The third-order valence-electron chi connectivity index (χ3n) is 3.24. The highest BCUT2D eigenvalue weighted by Crippen LogP contribution is 2.23. The lowest BCUT2D eigenvalue weighted by atomic mass is 10.1. The summed E-state index contributed by atoms with van der Waals surface area (Å²) in [6, 6.07) is 0.296. The fourth-order valence-electron chi connectivity index (χ4n) is 2.27. The van der Waals surface area contributed by atoms with Crippen LogP contribution in [-0.4, -0.2) is 28.4 Å². The van der Waals surface area contributed by atoms with Crippen LogP contribution in [0.3, 0.4) is 0 Å². The summed E-state index contributed by atoms with van der Waals surface area (Å²) >= 11 is 1.47. The standard InChI is InChI=1S/C12H19N3OS/c1-3-9-5-4-6-15(9)12(16)10-7-17-11(14-10)8(2)13/h7-9H,3-6,13H2,1-2H3. The fraction of sp³-hybridized carbons (Fsp3) is 0.667. The molecule has 1 aliphatic heterocycles. The molecule has 1 aromatic heterocycles. The number of hydrogen-bond acceptors (Lipinski definition) is 4. The minimum absolute atomic E-state index is 0.0671. The number of rotatable bonds is 3. The van der Waals surface area contributed by atoms with Gasteiger partial charge in [-0.3, -0.25) is 4.79 Å². The summed E-state index contributed by atoms with van der Waals surface area (Å²) in [5.74, 6) is 0.0671. The Kier molecular flexibility index (Phi) is 3.79. The largest absolute Gasteiger partial charge is 0.334 e. The molecule has 2 rings (SSSR count). The number of thiazole rings is 1. The van der Waals surface area contributed by atoms with Gasteiger partial charge in [0, 0.05) is 18.0 Å². The van der Waals surface area contributed by atoms with Crippen LogP contribution in [0.5, 0.6) is 0 Å². The second kappa shape index (κ2) is 5.14. The molecule has 0 radical (unpaired) electrons. The monoisotopic (exact) mass is 253 g/mol. The van der Waals surface area contributed by atoms with Crippen molar-refractivity contribution >= 4 is 17.2 Å². The molecule has 0 bridgehead atoms. The third kappa shape index (κ3) is 2.50. The van der Waals surface area contributed by atoms with Crippen molar-refractivity contribution in [1.29, 1.82) is 0 Å². The summed E-state index contributed by atoms with van der Waals surface area (Å²) in [7, 11) is 0. The molecule has 94 valence electrons. The van der Waals surface area contributed by atoms with Crippen molar-refractivity contribution < 1.29 is 4.79 Å². The topological polar surface area (TPSA) is 59.2 Å². The van der Waals surface area contributed by atoms with E-state index >= 15 is 0 Å². The third-order valence-corrected chi connectivity index (χ3v) is 4.29. The second-order valence-electron chi connectivity index (χ2n) is 4.56. The maximum atomic E-state index is 12.3. The Labute approximate surface area is 106 Å². The van der Waals surface area contributed by atoms with Crippen LogP contribution in [0.4, 0.5) is 0 Å². The second-order valence-corrected chi connectivity index (χ2v) is 5.45. The SMILES string of the molecule is CCC1CCCN1C(=O)c1csc(C(C)N)n1. The van der Waals surface area contributed by atoms with Gasteiger partial charge in [-0.15, -0.1) is 11.3 Å². The van der Waals surface area contributed by atoms with E-state index in [-0.39, 0.29) is 11.9 Å². The minimum atomic E-state index is -0.0953. The van der Waals surface area contributed by atoms with Crippen molar-refractivity contribution in [3.05, 3.63) is 16.1 Å². The van der Waals surface area contributed by atoms with Crippen molar-refractivity contribution in [2.24, 2.45) is 5.73 Å². The molecular formula is C12H19N3OS. The average Bonchev–Trinajstić information content (AvgIpc) is 2.96. The first-order chi connectivity index (χ1) is 8.13. The van der Waals surface area contributed by atoms with E-state index in [4.69, 9.17) is 5.73 Å². The zero-order valence-electron chi connectivity index (χ0n) is 10.3. The molecule has 0 saturated carbocycles. The summed E-state index contributed by atoms with van der Waals surface area (Å²) in [6.07, 6.45) is 3.25. The van der Waals surface area contributed by atoms with Crippen LogP contribution in [-0.2, 0) is 0 Å². The molecule has 4 nitrogen and oxygen atoms in total. The number of nitrogens with zero attached hydrogens (tertiary/aromatic N) is 2. The molecule has 1 amide bonds. The van der Waals surface area contributed by atoms with E-state index in [0.717, 1.165) is 30.8 Å².